The zero-order valence-electron chi connectivity index (χ0n) is 13.7. The Labute approximate surface area is 142 Å². The number of oxazole rings is 1. The van der Waals surface area contributed by atoms with Crippen molar-refractivity contribution in [2.24, 2.45) is 0 Å². The van der Waals surface area contributed by atoms with Crippen LogP contribution in [0.25, 0.3) is 17.2 Å². The lowest BCUT2D eigenvalue weighted by atomic mass is 10.1. The predicted octanol–water partition coefficient (Wildman–Crippen LogP) is 2.79. The Hall–Kier alpha value is -3.48. The van der Waals surface area contributed by atoms with E-state index in [1.54, 1.807) is 56.7 Å². The van der Waals surface area contributed by atoms with Crippen LogP contribution >= 0.6 is 0 Å². The minimum absolute atomic E-state index is 0.317. The van der Waals surface area contributed by atoms with Gasteiger partial charge >= 0.3 is 5.76 Å². The molecule has 7 heteroatoms. The molecule has 3 rings (SSSR count). The van der Waals surface area contributed by atoms with Crippen LogP contribution in [0, 0.1) is 0 Å². The van der Waals surface area contributed by atoms with Crippen LogP contribution in [0.4, 0.5) is 5.69 Å². The summed E-state index contributed by atoms with van der Waals surface area (Å²) in [5.41, 5.74) is 2.24. The van der Waals surface area contributed by atoms with Crippen molar-refractivity contribution in [2.75, 3.05) is 19.5 Å². The van der Waals surface area contributed by atoms with Gasteiger partial charge in [0.05, 0.1) is 19.7 Å². The number of anilines is 1. The third kappa shape index (κ3) is 3.72. The third-order valence-corrected chi connectivity index (χ3v) is 3.54. The highest BCUT2D eigenvalue weighted by atomic mass is 16.5. The maximum Gasteiger partial charge on any atom is 0.417 e. The van der Waals surface area contributed by atoms with Crippen LogP contribution in [0.2, 0.25) is 0 Å². The van der Waals surface area contributed by atoms with Crippen LogP contribution in [0.1, 0.15) is 5.56 Å². The van der Waals surface area contributed by atoms with Gasteiger partial charge in [0.25, 0.3) is 0 Å². The molecule has 7 nitrogen and oxygen atoms in total. The monoisotopic (exact) mass is 340 g/mol. The Morgan fingerprint density at radius 2 is 2.00 bits per heavy atom. The van der Waals surface area contributed by atoms with E-state index in [1.165, 1.54) is 6.08 Å². The van der Waals surface area contributed by atoms with Gasteiger partial charge in [-0.15, -0.1) is 0 Å². The Balaban J connectivity index is 1.74. The van der Waals surface area contributed by atoms with Gasteiger partial charge in [0.1, 0.15) is 11.5 Å². The molecule has 0 aliphatic heterocycles. The lowest BCUT2D eigenvalue weighted by Gasteiger charge is -2.07. The van der Waals surface area contributed by atoms with Gasteiger partial charge < -0.3 is 19.2 Å². The maximum absolute atomic E-state index is 12.1. The van der Waals surface area contributed by atoms with E-state index < -0.39 is 5.76 Å². The van der Waals surface area contributed by atoms with Crippen molar-refractivity contribution in [3.8, 4) is 11.5 Å². The molecule has 1 aromatic heterocycles. The number of fused-ring (bicyclic) bond motifs is 1. The van der Waals surface area contributed by atoms with E-state index in [0.29, 0.717) is 28.3 Å². The lowest BCUT2D eigenvalue weighted by Crippen LogP contribution is -2.07. The number of hydrogen-bond donors (Lipinski definition) is 2. The fraction of sp³-hybridized carbons (Fsp3) is 0.111. The van der Waals surface area contributed by atoms with Crippen molar-refractivity contribution in [3.05, 3.63) is 58.6 Å². The second kappa shape index (κ2) is 6.96. The summed E-state index contributed by atoms with van der Waals surface area (Å²) in [6.07, 6.45) is 3.04. The molecule has 3 aromatic rings. The van der Waals surface area contributed by atoms with E-state index in [1.807, 2.05) is 0 Å². The molecule has 0 atom stereocenters. The Morgan fingerprint density at radius 1 is 1.16 bits per heavy atom. The molecule has 0 saturated heterocycles. The molecule has 0 fully saturated rings. The first-order valence-electron chi connectivity index (χ1n) is 7.43. The number of H-pyrrole nitrogens is 1. The van der Waals surface area contributed by atoms with Crippen LogP contribution < -0.4 is 20.5 Å². The van der Waals surface area contributed by atoms with Crippen molar-refractivity contribution in [1.82, 2.24) is 4.98 Å². The summed E-state index contributed by atoms with van der Waals surface area (Å²) >= 11 is 0. The maximum atomic E-state index is 12.1. The molecule has 0 saturated carbocycles. The molecule has 0 aliphatic carbocycles. The average Bonchev–Trinajstić information content (AvgIpc) is 2.99. The molecule has 0 spiro atoms. The van der Waals surface area contributed by atoms with Gasteiger partial charge in [0, 0.05) is 23.4 Å². The molecule has 0 unspecified atom stereocenters. The summed E-state index contributed by atoms with van der Waals surface area (Å²) < 4.78 is 15.3. The van der Waals surface area contributed by atoms with Gasteiger partial charge in [-0.1, -0.05) is 0 Å². The number of aromatic nitrogens is 1. The Kier molecular flexibility index (Phi) is 4.56. The quantitative estimate of drug-likeness (QED) is 0.697. The number of carbonyl (C=O) groups excluding carboxylic acids is 1. The second-order valence-electron chi connectivity index (χ2n) is 5.16. The molecule has 25 heavy (non-hydrogen) atoms. The van der Waals surface area contributed by atoms with Crippen molar-refractivity contribution in [2.45, 2.75) is 0 Å². The molecule has 128 valence electrons. The predicted molar refractivity (Wildman–Crippen MR) is 94.0 cm³/mol. The van der Waals surface area contributed by atoms with Gasteiger partial charge in [-0.3, -0.25) is 9.78 Å². The summed E-state index contributed by atoms with van der Waals surface area (Å²) in [5, 5.41) is 2.72. The number of amides is 1. The molecular weight excluding hydrogens is 324 g/mol. The van der Waals surface area contributed by atoms with E-state index >= 15 is 0 Å². The van der Waals surface area contributed by atoms with Crippen LogP contribution in [-0.2, 0) is 4.79 Å². The van der Waals surface area contributed by atoms with E-state index in [9.17, 15) is 9.59 Å². The SMILES string of the molecule is COc1ccc(/C=C/C(=O)Nc2ccc3oc(=O)[nH]c3c2)c(OC)c1. The largest absolute Gasteiger partial charge is 0.497 e. The van der Waals surface area contributed by atoms with Crippen molar-refractivity contribution in [3.63, 3.8) is 0 Å². The number of ether oxygens (including phenoxy) is 2. The number of benzene rings is 2. The molecule has 1 amide bonds. The van der Waals surface area contributed by atoms with Crippen LogP contribution in [0.3, 0.4) is 0 Å². The molecule has 0 aliphatic rings. The highest BCUT2D eigenvalue weighted by Gasteiger charge is 2.05. The number of nitrogens with one attached hydrogen (secondary N) is 2. The van der Waals surface area contributed by atoms with E-state index in [2.05, 4.69) is 10.3 Å². The highest BCUT2D eigenvalue weighted by molar-refractivity contribution is 6.02. The second-order valence-corrected chi connectivity index (χ2v) is 5.16. The summed E-state index contributed by atoms with van der Waals surface area (Å²) in [4.78, 5) is 25.8. The normalized spacial score (nSPS) is 11.0. The number of carbonyl (C=O) groups is 1. The Bertz CT molecular complexity index is 1000. The number of rotatable bonds is 5. The summed E-state index contributed by atoms with van der Waals surface area (Å²) in [7, 11) is 3.12. The minimum Gasteiger partial charge on any atom is -0.497 e. The molecular formula is C18H16N2O5. The fourth-order valence-corrected chi connectivity index (χ4v) is 2.34. The third-order valence-electron chi connectivity index (χ3n) is 3.54. The standard InChI is InChI=1S/C18H16N2O5/c1-23-13-6-3-11(16(10-13)24-2)4-8-17(21)19-12-5-7-15-14(9-12)20-18(22)25-15/h3-10H,1-2H3,(H,19,21)(H,20,22)/b8-4+. The van der Waals surface area contributed by atoms with Crippen molar-refractivity contribution >= 4 is 28.8 Å². The van der Waals surface area contributed by atoms with Gasteiger partial charge in [-0.25, -0.2) is 4.79 Å². The smallest absolute Gasteiger partial charge is 0.417 e. The van der Waals surface area contributed by atoms with Crippen molar-refractivity contribution in [1.29, 1.82) is 0 Å². The topological polar surface area (TPSA) is 93.6 Å². The molecule has 1 heterocycles. The number of aromatic amines is 1. The number of methoxy groups -OCH3 is 2. The van der Waals surface area contributed by atoms with Crippen LogP contribution in [0.5, 0.6) is 11.5 Å². The number of hydrogen-bond acceptors (Lipinski definition) is 5. The molecule has 0 radical (unpaired) electrons. The molecule has 2 aromatic carbocycles. The summed E-state index contributed by atoms with van der Waals surface area (Å²) in [6, 6.07) is 10.2. The minimum atomic E-state index is -0.537. The summed E-state index contributed by atoms with van der Waals surface area (Å²) in [5.74, 6) is 0.412. The van der Waals surface area contributed by atoms with Gasteiger partial charge in [0.15, 0.2) is 5.58 Å². The molecule has 2 N–H and O–H groups in total. The van der Waals surface area contributed by atoms with Gasteiger partial charge in [0.2, 0.25) is 5.91 Å². The lowest BCUT2D eigenvalue weighted by molar-refractivity contribution is -0.111. The zero-order valence-corrected chi connectivity index (χ0v) is 13.7. The van der Waals surface area contributed by atoms with E-state index in [-0.39, 0.29) is 5.91 Å². The van der Waals surface area contributed by atoms with E-state index in [0.717, 1.165) is 5.56 Å². The first kappa shape index (κ1) is 16.4. The van der Waals surface area contributed by atoms with Crippen LogP contribution in [-0.4, -0.2) is 25.1 Å². The first-order chi connectivity index (χ1) is 12.1. The van der Waals surface area contributed by atoms with E-state index in [4.69, 9.17) is 13.9 Å². The molecule has 0 bridgehead atoms. The fourth-order valence-electron chi connectivity index (χ4n) is 2.34. The zero-order chi connectivity index (χ0) is 17.8. The summed E-state index contributed by atoms with van der Waals surface area (Å²) in [6.45, 7) is 0. The first-order valence-corrected chi connectivity index (χ1v) is 7.43. The highest BCUT2D eigenvalue weighted by Crippen LogP contribution is 2.25. The Morgan fingerprint density at radius 3 is 2.76 bits per heavy atom. The van der Waals surface area contributed by atoms with Gasteiger partial charge in [-0.2, -0.15) is 0 Å². The van der Waals surface area contributed by atoms with Crippen LogP contribution in [0.15, 0.2) is 51.7 Å². The van der Waals surface area contributed by atoms with Crippen molar-refractivity contribution < 1.29 is 18.7 Å². The average molecular weight is 340 g/mol. The van der Waals surface area contributed by atoms with Gasteiger partial charge in [-0.05, 0) is 36.4 Å².